The number of halogens is 2. The van der Waals surface area contributed by atoms with Crippen molar-refractivity contribution in [2.45, 2.75) is 31.4 Å². The van der Waals surface area contributed by atoms with Crippen molar-refractivity contribution in [3.8, 4) is 0 Å². The highest BCUT2D eigenvalue weighted by molar-refractivity contribution is 6.22. The van der Waals surface area contributed by atoms with Gasteiger partial charge < -0.3 is 0 Å². The van der Waals surface area contributed by atoms with E-state index in [0.29, 0.717) is 0 Å². The van der Waals surface area contributed by atoms with Crippen LogP contribution in [0.5, 0.6) is 0 Å². The van der Waals surface area contributed by atoms with E-state index in [0.717, 1.165) is 6.54 Å². The Bertz CT molecular complexity index is 251. The molecule has 0 heterocycles. The Morgan fingerprint density at radius 1 is 1.07 bits per heavy atom. The van der Waals surface area contributed by atoms with Crippen LogP contribution in [0.3, 0.4) is 0 Å². The molecule has 1 nitrogen and oxygen atoms in total. The second-order valence-electron chi connectivity index (χ2n) is 3.31. The number of hydrogen-bond acceptors (Lipinski definition) is 1. The van der Waals surface area contributed by atoms with Crippen molar-refractivity contribution in [2.75, 3.05) is 0 Å². The summed E-state index contributed by atoms with van der Waals surface area (Å²) in [5.74, 6) is 0. The van der Waals surface area contributed by atoms with Gasteiger partial charge in [0, 0.05) is 6.54 Å². The van der Waals surface area contributed by atoms with E-state index >= 15 is 0 Å². The van der Waals surface area contributed by atoms with Gasteiger partial charge in [0.2, 0.25) is 0 Å². The fourth-order valence-corrected chi connectivity index (χ4v) is 1.86. The lowest BCUT2D eigenvalue weighted by molar-refractivity contribution is 0.242. The lowest BCUT2D eigenvalue weighted by atomic mass is 10.2. The first-order chi connectivity index (χ1) is 6.61. The summed E-state index contributed by atoms with van der Waals surface area (Å²) in [4.78, 5) is 2.03. The minimum Gasteiger partial charge on any atom is -0.267 e. The molecule has 0 spiro atoms. The predicted molar refractivity (Wildman–Crippen MR) is 62.6 cm³/mol. The lowest BCUT2D eigenvalue weighted by Crippen LogP contribution is -2.33. The van der Waals surface area contributed by atoms with Crippen molar-refractivity contribution < 1.29 is 0 Å². The topological polar surface area (TPSA) is 3.24 Å². The van der Waals surface area contributed by atoms with Gasteiger partial charge in [-0.25, -0.2) is 0 Å². The Morgan fingerprint density at radius 2 is 1.57 bits per heavy atom. The van der Waals surface area contributed by atoms with Gasteiger partial charge in [-0.15, -0.1) is 23.2 Å². The van der Waals surface area contributed by atoms with Gasteiger partial charge >= 0.3 is 0 Å². The standard InChI is InChI=1S/C11H15Cl2N/c1-9(12)14(10(2)13)8-11-6-4-3-5-7-11/h3-7,9-10H,8H2,1-2H3. The summed E-state index contributed by atoms with van der Waals surface area (Å²) in [6.07, 6.45) is 0. The van der Waals surface area contributed by atoms with E-state index in [1.807, 2.05) is 36.9 Å². The first-order valence-electron chi connectivity index (χ1n) is 4.69. The second-order valence-corrected chi connectivity index (χ2v) is 4.57. The molecule has 0 fully saturated rings. The smallest absolute Gasteiger partial charge is 0.0836 e. The van der Waals surface area contributed by atoms with Crippen LogP contribution in [-0.2, 0) is 6.54 Å². The van der Waals surface area contributed by atoms with Gasteiger partial charge in [0.25, 0.3) is 0 Å². The van der Waals surface area contributed by atoms with Gasteiger partial charge in [0.05, 0.1) is 11.0 Å². The number of alkyl halides is 2. The fourth-order valence-electron chi connectivity index (χ4n) is 1.33. The van der Waals surface area contributed by atoms with Crippen LogP contribution in [0.4, 0.5) is 0 Å². The van der Waals surface area contributed by atoms with Gasteiger partial charge in [-0.05, 0) is 19.4 Å². The maximum Gasteiger partial charge on any atom is 0.0836 e. The molecular weight excluding hydrogens is 217 g/mol. The molecule has 0 saturated heterocycles. The van der Waals surface area contributed by atoms with Crippen LogP contribution in [-0.4, -0.2) is 15.9 Å². The Kier molecular flexibility index (Phi) is 4.73. The van der Waals surface area contributed by atoms with Crippen LogP contribution in [0.1, 0.15) is 19.4 Å². The van der Waals surface area contributed by atoms with Gasteiger partial charge in [0.1, 0.15) is 0 Å². The number of nitrogens with zero attached hydrogens (tertiary/aromatic N) is 1. The molecule has 1 aromatic rings. The summed E-state index contributed by atoms with van der Waals surface area (Å²) >= 11 is 12.1. The molecule has 0 aliphatic carbocycles. The number of hydrogen-bond donors (Lipinski definition) is 0. The maximum absolute atomic E-state index is 6.03. The third-order valence-corrected chi connectivity index (χ3v) is 2.62. The Morgan fingerprint density at radius 3 is 2.00 bits per heavy atom. The summed E-state index contributed by atoms with van der Waals surface area (Å²) in [6.45, 7) is 4.66. The molecule has 0 saturated carbocycles. The van der Waals surface area contributed by atoms with Crippen LogP contribution in [0.15, 0.2) is 30.3 Å². The maximum atomic E-state index is 6.03. The predicted octanol–water partition coefficient (Wildman–Crippen LogP) is 3.66. The normalized spacial score (nSPS) is 15.5. The first kappa shape index (κ1) is 11.8. The molecule has 2 unspecified atom stereocenters. The molecule has 1 rings (SSSR count). The molecule has 0 aromatic heterocycles. The summed E-state index contributed by atoms with van der Waals surface area (Å²) in [5, 5.41) is 0. The average molecular weight is 232 g/mol. The highest BCUT2D eigenvalue weighted by Crippen LogP contribution is 2.16. The average Bonchev–Trinajstić information content (AvgIpc) is 2.15. The largest absolute Gasteiger partial charge is 0.267 e. The summed E-state index contributed by atoms with van der Waals surface area (Å²) in [5.41, 5.74) is 1.12. The van der Waals surface area contributed by atoms with Crippen LogP contribution < -0.4 is 0 Å². The first-order valence-corrected chi connectivity index (χ1v) is 5.56. The Hall–Kier alpha value is -0.240. The minimum absolute atomic E-state index is 0.0530. The Balaban J connectivity index is 2.65. The highest BCUT2D eigenvalue weighted by Gasteiger charge is 2.16. The lowest BCUT2D eigenvalue weighted by Gasteiger charge is -2.27. The van der Waals surface area contributed by atoms with E-state index in [1.165, 1.54) is 5.56 Å². The summed E-state index contributed by atoms with van der Waals surface area (Å²) in [6, 6.07) is 10.2. The van der Waals surface area contributed by atoms with E-state index in [9.17, 15) is 0 Å². The molecule has 78 valence electrons. The zero-order chi connectivity index (χ0) is 10.6. The minimum atomic E-state index is -0.0530. The van der Waals surface area contributed by atoms with Crippen LogP contribution in [0.2, 0.25) is 0 Å². The number of rotatable bonds is 4. The molecule has 0 aliphatic rings. The van der Waals surface area contributed by atoms with E-state index in [1.54, 1.807) is 0 Å². The van der Waals surface area contributed by atoms with Gasteiger partial charge in [-0.1, -0.05) is 30.3 Å². The van der Waals surface area contributed by atoms with Crippen molar-refractivity contribution >= 4 is 23.2 Å². The van der Waals surface area contributed by atoms with E-state index in [4.69, 9.17) is 23.2 Å². The number of benzene rings is 1. The van der Waals surface area contributed by atoms with Crippen molar-refractivity contribution in [2.24, 2.45) is 0 Å². The third-order valence-electron chi connectivity index (χ3n) is 2.12. The zero-order valence-corrected chi connectivity index (χ0v) is 9.96. The quantitative estimate of drug-likeness (QED) is 0.565. The highest BCUT2D eigenvalue weighted by atomic mass is 35.5. The van der Waals surface area contributed by atoms with E-state index in [-0.39, 0.29) is 11.0 Å². The second kappa shape index (κ2) is 5.59. The summed E-state index contributed by atoms with van der Waals surface area (Å²) < 4.78 is 0. The van der Waals surface area contributed by atoms with Gasteiger partial charge in [-0.3, -0.25) is 4.90 Å². The molecule has 0 bridgehead atoms. The molecule has 0 aliphatic heterocycles. The monoisotopic (exact) mass is 231 g/mol. The van der Waals surface area contributed by atoms with Crippen molar-refractivity contribution in [1.82, 2.24) is 4.90 Å². The van der Waals surface area contributed by atoms with Crippen molar-refractivity contribution in [3.63, 3.8) is 0 Å². The third kappa shape index (κ3) is 3.49. The molecule has 0 N–H and O–H groups in total. The van der Waals surface area contributed by atoms with Crippen LogP contribution >= 0.6 is 23.2 Å². The molecule has 0 radical (unpaired) electrons. The molecule has 3 heteroatoms. The van der Waals surface area contributed by atoms with Gasteiger partial charge in [-0.2, -0.15) is 0 Å². The molecule has 2 atom stereocenters. The zero-order valence-electron chi connectivity index (χ0n) is 8.45. The van der Waals surface area contributed by atoms with Crippen LogP contribution in [0.25, 0.3) is 0 Å². The molecular formula is C11H15Cl2N. The van der Waals surface area contributed by atoms with E-state index < -0.39 is 0 Å². The molecule has 1 aromatic carbocycles. The van der Waals surface area contributed by atoms with Crippen LogP contribution in [0, 0.1) is 0 Å². The SMILES string of the molecule is CC(Cl)N(Cc1ccccc1)C(C)Cl. The molecule has 0 amide bonds. The fraction of sp³-hybridized carbons (Fsp3) is 0.455. The van der Waals surface area contributed by atoms with Crippen molar-refractivity contribution in [3.05, 3.63) is 35.9 Å². The summed E-state index contributed by atoms with van der Waals surface area (Å²) in [7, 11) is 0. The van der Waals surface area contributed by atoms with E-state index in [2.05, 4.69) is 12.1 Å². The Labute approximate surface area is 95.6 Å². The van der Waals surface area contributed by atoms with Crippen molar-refractivity contribution in [1.29, 1.82) is 0 Å². The molecule has 14 heavy (non-hydrogen) atoms. The van der Waals surface area contributed by atoms with Gasteiger partial charge in [0.15, 0.2) is 0 Å².